The third-order valence-corrected chi connectivity index (χ3v) is 5.70. The summed E-state index contributed by atoms with van der Waals surface area (Å²) < 4.78 is 10.5. The number of ether oxygens (including phenoxy) is 2. The minimum Gasteiger partial charge on any atom is -0.389 e. The molecule has 1 saturated carbocycles. The topological polar surface area (TPSA) is 69.7 Å². The predicted octanol–water partition coefficient (Wildman–Crippen LogP) is 3.31. The van der Waals surface area contributed by atoms with Crippen LogP contribution >= 0.6 is 0 Å². The molecular weight excluding hydrogens is 308 g/mol. The van der Waals surface area contributed by atoms with Crippen LogP contribution in [0.3, 0.4) is 0 Å². The van der Waals surface area contributed by atoms with Crippen LogP contribution in [0.25, 0.3) is 0 Å². The van der Waals surface area contributed by atoms with Crippen molar-refractivity contribution in [2.75, 3.05) is 7.11 Å². The maximum Gasteiger partial charge on any atom is 0.342 e. The van der Waals surface area contributed by atoms with Crippen LogP contribution in [-0.2, 0) is 23.9 Å². The van der Waals surface area contributed by atoms with Crippen molar-refractivity contribution in [2.45, 2.75) is 60.0 Å². The Morgan fingerprint density at radius 3 is 2.29 bits per heavy atom. The molecule has 2 fully saturated rings. The molecule has 136 valence electrons. The molecule has 3 rings (SSSR count). The van der Waals surface area contributed by atoms with Gasteiger partial charge in [0.2, 0.25) is 0 Å². The van der Waals surface area contributed by atoms with E-state index in [9.17, 15) is 9.59 Å². The molecule has 0 aromatic rings. The number of hydrogen-bond acceptors (Lipinski definition) is 5. The summed E-state index contributed by atoms with van der Waals surface area (Å²) in [5, 5.41) is 0. The Kier molecular flexibility index (Phi) is 6.51. The van der Waals surface area contributed by atoms with Crippen molar-refractivity contribution in [1.82, 2.24) is 0 Å². The second-order valence-corrected chi connectivity index (χ2v) is 7.35. The normalized spacial score (nSPS) is 35.9. The van der Waals surface area contributed by atoms with Crippen LogP contribution in [0.5, 0.6) is 0 Å². The van der Waals surface area contributed by atoms with E-state index in [2.05, 4.69) is 20.8 Å². The van der Waals surface area contributed by atoms with Crippen molar-refractivity contribution in [3.05, 3.63) is 11.6 Å². The van der Waals surface area contributed by atoms with Crippen LogP contribution in [0.2, 0.25) is 0 Å². The van der Waals surface area contributed by atoms with Crippen LogP contribution in [0.1, 0.15) is 53.9 Å². The van der Waals surface area contributed by atoms with Crippen LogP contribution in [0.15, 0.2) is 11.6 Å². The summed E-state index contributed by atoms with van der Waals surface area (Å²) in [6, 6.07) is 0. The fourth-order valence-electron chi connectivity index (χ4n) is 4.93. The molecule has 4 atom stereocenters. The summed E-state index contributed by atoms with van der Waals surface area (Å²) in [7, 11) is 1.72. The average molecular weight is 338 g/mol. The Morgan fingerprint density at radius 2 is 1.75 bits per heavy atom. The van der Waals surface area contributed by atoms with Crippen LogP contribution in [-0.4, -0.2) is 31.9 Å². The molecule has 24 heavy (non-hydrogen) atoms. The van der Waals surface area contributed by atoms with Crippen molar-refractivity contribution in [3.8, 4) is 0 Å². The number of cyclic esters (lactones) is 2. The van der Waals surface area contributed by atoms with Gasteiger partial charge in [-0.05, 0) is 36.0 Å². The van der Waals surface area contributed by atoms with Crippen molar-refractivity contribution >= 4 is 18.7 Å². The van der Waals surface area contributed by atoms with Crippen molar-refractivity contribution in [3.63, 3.8) is 0 Å². The monoisotopic (exact) mass is 338 g/mol. The summed E-state index contributed by atoms with van der Waals surface area (Å²) in [5.41, 5.74) is 0.401. The molecule has 1 saturated heterocycles. The van der Waals surface area contributed by atoms with E-state index in [1.54, 1.807) is 7.11 Å². The van der Waals surface area contributed by atoms with Crippen LogP contribution in [0, 0.1) is 22.7 Å². The molecule has 5 heteroatoms. The molecule has 0 amide bonds. The third kappa shape index (κ3) is 3.18. The smallest absolute Gasteiger partial charge is 0.342 e. The molecule has 1 aliphatic heterocycles. The third-order valence-electron chi connectivity index (χ3n) is 5.70. The molecular formula is C19H30O5. The van der Waals surface area contributed by atoms with E-state index in [1.807, 2.05) is 26.7 Å². The lowest BCUT2D eigenvalue weighted by Gasteiger charge is -2.56. The second-order valence-electron chi connectivity index (χ2n) is 7.35. The Balaban J connectivity index is 0.000000671. The average Bonchev–Trinajstić information content (AvgIpc) is 2.85. The lowest BCUT2D eigenvalue weighted by molar-refractivity contribution is -0.158. The number of methoxy groups -OCH3 is 1. The van der Waals surface area contributed by atoms with E-state index >= 15 is 0 Å². The highest BCUT2D eigenvalue weighted by Gasteiger charge is 2.61. The lowest BCUT2D eigenvalue weighted by atomic mass is 9.48. The zero-order valence-electron chi connectivity index (χ0n) is 15.7. The van der Waals surface area contributed by atoms with E-state index in [1.165, 1.54) is 0 Å². The summed E-state index contributed by atoms with van der Waals surface area (Å²) in [5.74, 6) is -0.863. The Hall–Kier alpha value is -1.49. The van der Waals surface area contributed by atoms with Gasteiger partial charge < -0.3 is 14.3 Å². The van der Waals surface area contributed by atoms with Gasteiger partial charge in [-0.2, -0.15) is 0 Å². The summed E-state index contributed by atoms with van der Waals surface area (Å²) in [6.45, 7) is 12.6. The Bertz CT molecular complexity index is 522. The van der Waals surface area contributed by atoms with Gasteiger partial charge in [0.05, 0.1) is 12.0 Å². The zero-order valence-corrected chi connectivity index (χ0v) is 15.7. The van der Waals surface area contributed by atoms with Gasteiger partial charge in [0, 0.05) is 12.7 Å². The highest BCUT2D eigenvalue weighted by atomic mass is 16.6. The number of fused-ring (bicyclic) bond motifs is 3. The van der Waals surface area contributed by atoms with Gasteiger partial charge in [0.25, 0.3) is 0 Å². The van der Waals surface area contributed by atoms with Gasteiger partial charge in [-0.25, -0.2) is 4.79 Å². The van der Waals surface area contributed by atoms with Crippen molar-refractivity contribution in [2.24, 2.45) is 22.7 Å². The van der Waals surface area contributed by atoms with Crippen LogP contribution < -0.4 is 0 Å². The number of esters is 2. The van der Waals surface area contributed by atoms with Crippen molar-refractivity contribution < 1.29 is 23.9 Å². The summed E-state index contributed by atoms with van der Waals surface area (Å²) in [6.07, 6.45) is 4.70. The number of hydrogen-bond donors (Lipinski definition) is 0. The lowest BCUT2D eigenvalue weighted by Crippen LogP contribution is -2.53. The van der Waals surface area contributed by atoms with Gasteiger partial charge in [0.1, 0.15) is 6.79 Å². The van der Waals surface area contributed by atoms with Crippen LogP contribution in [0.4, 0.5) is 0 Å². The van der Waals surface area contributed by atoms with E-state index in [-0.39, 0.29) is 22.9 Å². The predicted molar refractivity (Wildman–Crippen MR) is 91.2 cm³/mol. The number of rotatable bonds is 1. The molecule has 0 aromatic carbocycles. The first kappa shape index (κ1) is 20.6. The molecule has 4 unspecified atom stereocenters. The maximum absolute atomic E-state index is 12.2. The van der Waals surface area contributed by atoms with Gasteiger partial charge in [-0.1, -0.05) is 40.7 Å². The molecule has 1 heterocycles. The molecule has 3 aliphatic rings. The van der Waals surface area contributed by atoms with E-state index < -0.39 is 11.9 Å². The molecule has 0 radical (unpaired) electrons. The Morgan fingerprint density at radius 1 is 1.17 bits per heavy atom. The summed E-state index contributed by atoms with van der Waals surface area (Å²) >= 11 is 0. The Labute approximate surface area is 144 Å². The quantitative estimate of drug-likeness (QED) is 0.542. The first-order valence-electron chi connectivity index (χ1n) is 8.57. The van der Waals surface area contributed by atoms with Gasteiger partial charge in [0.15, 0.2) is 0 Å². The largest absolute Gasteiger partial charge is 0.389 e. The van der Waals surface area contributed by atoms with Gasteiger partial charge >= 0.3 is 11.9 Å². The van der Waals surface area contributed by atoms with Gasteiger partial charge in [-0.15, -0.1) is 0 Å². The first-order valence-corrected chi connectivity index (χ1v) is 8.57. The highest BCUT2D eigenvalue weighted by molar-refractivity contribution is 6.08. The van der Waals surface area contributed by atoms with E-state index in [0.717, 1.165) is 19.3 Å². The fourth-order valence-corrected chi connectivity index (χ4v) is 4.93. The standard InChI is InChI=1S/C16H22O4.C2H6.CH2O/c1-15(2)7-9(19-4)8-16(3)11(15)6-5-10-12(16)14(18)20-13(10)17;2*1-2/h5,9,11-12H,6-8H2,1-4H3;1-2H3;1H2. The number of carbonyl (C=O) groups is 3. The molecule has 0 aromatic heterocycles. The molecule has 0 bridgehead atoms. The summed E-state index contributed by atoms with van der Waals surface area (Å²) in [4.78, 5) is 32.0. The first-order chi connectivity index (χ1) is 11.3. The second kappa shape index (κ2) is 7.60. The van der Waals surface area contributed by atoms with E-state index in [4.69, 9.17) is 14.3 Å². The van der Waals surface area contributed by atoms with Crippen molar-refractivity contribution in [1.29, 1.82) is 0 Å². The molecule has 2 aliphatic carbocycles. The number of carbonyl (C=O) groups excluding carboxylic acids is 3. The molecule has 0 N–H and O–H groups in total. The minimum absolute atomic E-state index is 0.0849. The van der Waals surface area contributed by atoms with E-state index in [0.29, 0.717) is 11.5 Å². The zero-order chi connectivity index (χ0) is 18.7. The maximum atomic E-state index is 12.2. The van der Waals surface area contributed by atoms with Gasteiger partial charge in [-0.3, -0.25) is 4.79 Å². The minimum atomic E-state index is -0.447. The molecule has 5 nitrogen and oxygen atoms in total. The fraction of sp³-hybridized carbons (Fsp3) is 0.737. The SMILES string of the molecule is C=O.CC.COC1CC(C)(C)C2CC=C3C(=O)OC(=O)C3C2(C)C1. The number of allylic oxidation sites excluding steroid dienone is 1. The molecule has 0 spiro atoms. The highest BCUT2D eigenvalue weighted by Crippen LogP contribution is 2.61.